The highest BCUT2D eigenvalue weighted by Crippen LogP contribution is 2.56. The molecule has 174 valence electrons. The zero-order valence-corrected chi connectivity index (χ0v) is 18.9. The number of ether oxygens (including phenoxy) is 1. The summed E-state index contributed by atoms with van der Waals surface area (Å²) in [5.41, 5.74) is 2.81. The van der Waals surface area contributed by atoms with Crippen molar-refractivity contribution < 1.29 is 14.3 Å². The molecule has 0 atom stereocenters. The Morgan fingerprint density at radius 2 is 1.58 bits per heavy atom. The first-order valence-corrected chi connectivity index (χ1v) is 12.0. The lowest BCUT2D eigenvalue weighted by Gasteiger charge is -2.57. The number of amides is 2. The molecule has 0 spiro atoms. The van der Waals surface area contributed by atoms with Gasteiger partial charge in [-0.3, -0.25) is 14.6 Å². The van der Waals surface area contributed by atoms with Gasteiger partial charge in [0.25, 0.3) is 0 Å². The molecule has 2 aromatic rings. The van der Waals surface area contributed by atoms with E-state index in [2.05, 4.69) is 20.9 Å². The van der Waals surface area contributed by atoms with Crippen LogP contribution in [0, 0.1) is 17.8 Å². The lowest BCUT2D eigenvalue weighted by Crippen LogP contribution is -2.54. The van der Waals surface area contributed by atoms with Crippen LogP contribution < -0.4 is 16.0 Å². The third-order valence-electron chi connectivity index (χ3n) is 7.32. The number of rotatable bonds is 9. The molecule has 1 aromatic heterocycles. The van der Waals surface area contributed by atoms with Gasteiger partial charge in [-0.15, -0.1) is 0 Å². The Labute approximate surface area is 194 Å². The van der Waals surface area contributed by atoms with Crippen molar-refractivity contribution in [2.45, 2.75) is 50.6 Å². The average molecular weight is 449 g/mol. The van der Waals surface area contributed by atoms with E-state index in [1.807, 2.05) is 36.4 Å². The minimum Gasteiger partial charge on any atom is -0.378 e. The first kappa shape index (κ1) is 21.9. The molecule has 33 heavy (non-hydrogen) atoms. The summed E-state index contributed by atoms with van der Waals surface area (Å²) in [5, 5.41) is 9.56. The highest BCUT2D eigenvalue weighted by Gasteiger charge is 2.51. The fourth-order valence-corrected chi connectivity index (χ4v) is 6.43. The van der Waals surface area contributed by atoms with E-state index in [1.54, 1.807) is 12.4 Å². The zero-order valence-electron chi connectivity index (χ0n) is 18.9. The molecule has 0 saturated heterocycles. The summed E-state index contributed by atoms with van der Waals surface area (Å²) in [6.45, 7) is 0.0401. The lowest BCUT2D eigenvalue weighted by molar-refractivity contribution is -0.128. The van der Waals surface area contributed by atoms with Crippen molar-refractivity contribution in [3.8, 4) is 0 Å². The Hall–Kier alpha value is -2.93. The van der Waals surface area contributed by atoms with Crippen molar-refractivity contribution in [2.24, 2.45) is 17.8 Å². The van der Waals surface area contributed by atoms with Crippen LogP contribution in [0.25, 0.3) is 0 Å². The lowest BCUT2D eigenvalue weighted by atomic mass is 9.53. The maximum Gasteiger partial charge on any atom is 0.250 e. The van der Waals surface area contributed by atoms with E-state index in [1.165, 1.54) is 38.5 Å². The van der Waals surface area contributed by atoms with Crippen LogP contribution in [0.3, 0.4) is 0 Å². The zero-order chi connectivity index (χ0) is 22.7. The number of hydrogen-bond acceptors (Lipinski definition) is 5. The highest BCUT2D eigenvalue weighted by molar-refractivity contribution is 5.95. The van der Waals surface area contributed by atoms with Crippen LogP contribution in [-0.4, -0.2) is 35.6 Å². The van der Waals surface area contributed by atoms with Gasteiger partial charge in [0.05, 0.1) is 11.4 Å². The molecule has 7 nitrogen and oxygen atoms in total. The van der Waals surface area contributed by atoms with Gasteiger partial charge in [-0.1, -0.05) is 18.2 Å². The van der Waals surface area contributed by atoms with Gasteiger partial charge in [0.15, 0.2) is 0 Å². The molecule has 4 aliphatic carbocycles. The van der Waals surface area contributed by atoms with Crippen LogP contribution >= 0.6 is 0 Å². The quantitative estimate of drug-likeness (QED) is 0.544. The molecule has 1 aromatic carbocycles. The monoisotopic (exact) mass is 448 g/mol. The molecule has 4 saturated carbocycles. The number of aromatic nitrogens is 1. The predicted octanol–water partition coefficient (Wildman–Crippen LogP) is 3.73. The molecule has 2 amide bonds. The van der Waals surface area contributed by atoms with E-state index >= 15 is 0 Å². The van der Waals surface area contributed by atoms with Crippen molar-refractivity contribution in [3.63, 3.8) is 0 Å². The first-order valence-electron chi connectivity index (χ1n) is 12.0. The summed E-state index contributed by atoms with van der Waals surface area (Å²) in [4.78, 5) is 28.5. The third kappa shape index (κ3) is 5.36. The van der Waals surface area contributed by atoms with Gasteiger partial charge in [0.2, 0.25) is 11.8 Å². The molecule has 4 fully saturated rings. The van der Waals surface area contributed by atoms with E-state index in [9.17, 15) is 9.59 Å². The molecule has 7 heteroatoms. The Balaban J connectivity index is 1.11. The van der Waals surface area contributed by atoms with Gasteiger partial charge in [0.1, 0.15) is 13.2 Å². The summed E-state index contributed by atoms with van der Waals surface area (Å²) >= 11 is 0. The number of para-hydroxylation sites is 2. The molecular formula is C26H32N4O3. The number of nitrogens with zero attached hydrogens (tertiary/aromatic N) is 1. The molecule has 0 radical (unpaired) electrons. The van der Waals surface area contributed by atoms with E-state index < -0.39 is 0 Å². The van der Waals surface area contributed by atoms with Gasteiger partial charge in [0, 0.05) is 24.5 Å². The highest BCUT2D eigenvalue weighted by atomic mass is 16.5. The topological polar surface area (TPSA) is 92.4 Å². The SMILES string of the molecule is O=C(COCC(=O)Nc1ccccc1NC12CC3CC(CC(C3)C1)C2)NCc1cccnc1. The maximum absolute atomic E-state index is 12.5. The fourth-order valence-electron chi connectivity index (χ4n) is 6.43. The molecule has 4 bridgehead atoms. The van der Waals surface area contributed by atoms with Crippen molar-refractivity contribution in [1.82, 2.24) is 10.3 Å². The van der Waals surface area contributed by atoms with E-state index in [-0.39, 0.29) is 30.6 Å². The first-order chi connectivity index (χ1) is 16.1. The van der Waals surface area contributed by atoms with Crippen LogP contribution in [0.1, 0.15) is 44.1 Å². The second kappa shape index (κ2) is 9.51. The second-order valence-corrected chi connectivity index (χ2v) is 10.0. The molecule has 0 aliphatic heterocycles. The minimum atomic E-state index is -0.269. The fraction of sp³-hybridized carbons (Fsp3) is 0.500. The van der Waals surface area contributed by atoms with Crippen LogP contribution in [0.4, 0.5) is 11.4 Å². The van der Waals surface area contributed by atoms with Crippen molar-refractivity contribution in [3.05, 3.63) is 54.4 Å². The number of anilines is 2. The Morgan fingerprint density at radius 1 is 0.909 bits per heavy atom. The van der Waals surface area contributed by atoms with E-state index in [0.29, 0.717) is 6.54 Å². The molecule has 3 N–H and O–H groups in total. The standard InChI is InChI=1S/C26H32N4O3/c31-24(28-15-18-4-3-7-27-14-18)16-33-17-25(32)29-22-5-1-2-6-23(22)30-26-11-19-8-20(12-26)10-21(9-19)13-26/h1-7,14,19-21,30H,8-13,15-17H2,(H,28,31)(H,29,32). The smallest absolute Gasteiger partial charge is 0.250 e. The largest absolute Gasteiger partial charge is 0.378 e. The summed E-state index contributed by atoms with van der Waals surface area (Å²) in [6, 6.07) is 11.6. The maximum atomic E-state index is 12.5. The molecule has 6 rings (SSSR count). The number of pyridine rings is 1. The van der Waals surface area contributed by atoms with Gasteiger partial charge in [-0.05, 0) is 80.0 Å². The van der Waals surface area contributed by atoms with Crippen LogP contribution in [-0.2, 0) is 20.9 Å². The van der Waals surface area contributed by atoms with Gasteiger partial charge in [-0.25, -0.2) is 0 Å². The van der Waals surface area contributed by atoms with Gasteiger partial charge < -0.3 is 20.7 Å². The van der Waals surface area contributed by atoms with Crippen molar-refractivity contribution in [1.29, 1.82) is 0 Å². The van der Waals surface area contributed by atoms with E-state index in [4.69, 9.17) is 4.74 Å². The Morgan fingerprint density at radius 3 is 2.24 bits per heavy atom. The Kier molecular flexibility index (Phi) is 6.31. The summed E-state index contributed by atoms with van der Waals surface area (Å²) in [5.74, 6) is 2.01. The van der Waals surface area contributed by atoms with Crippen LogP contribution in [0.2, 0.25) is 0 Å². The van der Waals surface area contributed by atoms with Crippen LogP contribution in [0.15, 0.2) is 48.8 Å². The number of carbonyl (C=O) groups is 2. The molecule has 0 unspecified atom stereocenters. The number of nitrogens with one attached hydrogen (secondary N) is 3. The number of benzene rings is 1. The number of hydrogen-bond donors (Lipinski definition) is 3. The van der Waals surface area contributed by atoms with Gasteiger partial charge >= 0.3 is 0 Å². The number of carbonyl (C=O) groups excluding carboxylic acids is 2. The van der Waals surface area contributed by atoms with Gasteiger partial charge in [-0.2, -0.15) is 0 Å². The molecular weight excluding hydrogens is 416 g/mol. The summed E-state index contributed by atoms with van der Waals surface area (Å²) < 4.78 is 5.33. The normalized spacial score (nSPS) is 27.2. The van der Waals surface area contributed by atoms with Crippen molar-refractivity contribution in [2.75, 3.05) is 23.8 Å². The molecule has 4 aliphatic rings. The predicted molar refractivity (Wildman–Crippen MR) is 127 cm³/mol. The van der Waals surface area contributed by atoms with Crippen LogP contribution in [0.5, 0.6) is 0 Å². The Bertz CT molecular complexity index is 959. The molecule has 1 heterocycles. The average Bonchev–Trinajstić information content (AvgIpc) is 2.79. The summed E-state index contributed by atoms with van der Waals surface area (Å²) in [6.07, 6.45) is 11.3. The third-order valence-corrected chi connectivity index (χ3v) is 7.32. The minimum absolute atomic E-state index is 0.165. The van der Waals surface area contributed by atoms with E-state index in [0.717, 1.165) is 34.7 Å². The van der Waals surface area contributed by atoms with Crippen molar-refractivity contribution >= 4 is 23.2 Å². The summed E-state index contributed by atoms with van der Waals surface area (Å²) in [7, 11) is 0. The second-order valence-electron chi connectivity index (χ2n) is 10.0.